The minimum Gasteiger partial charge on any atom is -0.478 e. The van der Waals surface area contributed by atoms with Gasteiger partial charge in [-0.15, -0.1) is 0 Å². The highest BCUT2D eigenvalue weighted by atomic mass is 16.4. The zero-order valence-electron chi connectivity index (χ0n) is 13.2. The Morgan fingerprint density at radius 2 is 2.13 bits per heavy atom. The zero-order valence-corrected chi connectivity index (χ0v) is 13.2. The molecule has 0 saturated heterocycles. The summed E-state index contributed by atoms with van der Waals surface area (Å²) in [6.45, 7) is 4.66. The summed E-state index contributed by atoms with van der Waals surface area (Å²) in [5.41, 5.74) is 8.45. The fraction of sp³-hybridized carbons (Fsp3) is 0.294. The molecule has 0 aliphatic heterocycles. The lowest BCUT2D eigenvalue weighted by Gasteiger charge is -2.19. The molecule has 0 aliphatic carbocycles. The molecule has 0 aliphatic rings. The Bertz CT molecular complexity index is 877. The first kappa shape index (κ1) is 15.3. The number of aromatic carboxylic acids is 1. The van der Waals surface area contributed by atoms with Gasteiger partial charge in [-0.2, -0.15) is 0 Å². The number of nitrogens with one attached hydrogen (secondary N) is 1. The van der Waals surface area contributed by atoms with Crippen molar-refractivity contribution in [3.63, 3.8) is 0 Å². The number of carboxylic acids is 1. The smallest absolute Gasteiger partial charge is 0.335 e. The van der Waals surface area contributed by atoms with Gasteiger partial charge in [0.25, 0.3) is 0 Å². The molecule has 1 aromatic carbocycles. The van der Waals surface area contributed by atoms with E-state index in [0.717, 1.165) is 23.3 Å². The highest BCUT2D eigenvalue weighted by molar-refractivity contribution is 5.94. The summed E-state index contributed by atoms with van der Waals surface area (Å²) in [6.07, 6.45) is 2.74. The van der Waals surface area contributed by atoms with Gasteiger partial charge in [-0.05, 0) is 50.6 Å². The lowest BCUT2D eigenvalue weighted by atomic mass is 10.0. The first-order chi connectivity index (χ1) is 10.8. The van der Waals surface area contributed by atoms with Crippen LogP contribution in [0.2, 0.25) is 0 Å². The van der Waals surface area contributed by atoms with Crippen LogP contribution in [0.4, 0.5) is 5.82 Å². The van der Waals surface area contributed by atoms with Crippen LogP contribution in [-0.4, -0.2) is 32.5 Å². The third kappa shape index (κ3) is 3.12. The zero-order chi connectivity index (χ0) is 16.6. The lowest BCUT2D eigenvalue weighted by molar-refractivity contribution is 0.0697. The van der Waals surface area contributed by atoms with Gasteiger partial charge >= 0.3 is 5.97 Å². The molecule has 120 valence electrons. The van der Waals surface area contributed by atoms with E-state index < -0.39 is 5.97 Å². The summed E-state index contributed by atoms with van der Waals surface area (Å²) in [5.74, 6) is -0.227. The van der Waals surface area contributed by atoms with Crippen molar-refractivity contribution in [2.45, 2.75) is 25.8 Å². The van der Waals surface area contributed by atoms with Crippen LogP contribution in [0.1, 0.15) is 30.6 Å². The summed E-state index contributed by atoms with van der Waals surface area (Å²) in [5, 5.41) is 12.5. The molecule has 0 saturated carbocycles. The Balaban J connectivity index is 2.04. The van der Waals surface area contributed by atoms with E-state index >= 15 is 0 Å². The molecule has 0 atom stereocenters. The molecule has 2 heterocycles. The molecule has 0 unspecified atom stereocenters. The molecule has 6 nitrogen and oxygen atoms in total. The number of carboxylic acid groups (broad SMARTS) is 1. The van der Waals surface area contributed by atoms with Crippen LogP contribution in [0.3, 0.4) is 0 Å². The van der Waals surface area contributed by atoms with Gasteiger partial charge in [-0.25, -0.2) is 9.78 Å². The molecule has 6 heteroatoms. The standard InChI is InChI=1S/C17H20N4O2/c1-17(2,18)7-8-19-15-14-4-3-9-21(14)13-6-5-11(16(22)23)10-12(13)20-15/h3-6,9-10H,7-8,18H2,1-2H3,(H,19,20)(H,22,23). The number of fused-ring (bicyclic) bond motifs is 3. The topological polar surface area (TPSA) is 92.6 Å². The van der Waals surface area contributed by atoms with Crippen molar-refractivity contribution >= 4 is 28.3 Å². The molecule has 3 rings (SSSR count). The molecular formula is C17H20N4O2. The molecule has 4 N–H and O–H groups in total. The quantitative estimate of drug-likeness (QED) is 0.673. The first-order valence-electron chi connectivity index (χ1n) is 7.52. The number of benzene rings is 1. The number of aromatic nitrogens is 2. The summed E-state index contributed by atoms with van der Waals surface area (Å²) < 4.78 is 2.00. The fourth-order valence-corrected chi connectivity index (χ4v) is 2.54. The van der Waals surface area contributed by atoms with Gasteiger partial charge in [0.1, 0.15) is 0 Å². The largest absolute Gasteiger partial charge is 0.478 e. The van der Waals surface area contributed by atoms with Crippen LogP contribution in [0.25, 0.3) is 16.6 Å². The minimum absolute atomic E-state index is 0.227. The van der Waals surface area contributed by atoms with Crippen LogP contribution in [0.15, 0.2) is 36.5 Å². The number of carbonyl (C=O) groups is 1. The first-order valence-corrected chi connectivity index (χ1v) is 7.52. The van der Waals surface area contributed by atoms with Crippen molar-refractivity contribution in [1.82, 2.24) is 9.38 Å². The van der Waals surface area contributed by atoms with Crippen molar-refractivity contribution in [2.24, 2.45) is 5.73 Å². The number of hydrogen-bond acceptors (Lipinski definition) is 4. The summed E-state index contributed by atoms with van der Waals surface area (Å²) in [4.78, 5) is 15.8. The van der Waals surface area contributed by atoms with Gasteiger partial charge in [0.2, 0.25) is 0 Å². The van der Waals surface area contributed by atoms with E-state index in [1.165, 1.54) is 0 Å². The van der Waals surface area contributed by atoms with Crippen molar-refractivity contribution in [1.29, 1.82) is 0 Å². The van der Waals surface area contributed by atoms with E-state index in [9.17, 15) is 4.79 Å². The average Bonchev–Trinajstić information content (AvgIpc) is 2.95. The number of anilines is 1. The van der Waals surface area contributed by atoms with Gasteiger partial charge in [-0.1, -0.05) is 0 Å². The Kier molecular flexibility index (Phi) is 3.69. The molecule has 0 amide bonds. The fourth-order valence-electron chi connectivity index (χ4n) is 2.54. The highest BCUT2D eigenvalue weighted by Gasteiger charge is 2.13. The van der Waals surface area contributed by atoms with Crippen LogP contribution < -0.4 is 11.1 Å². The number of nitrogens with two attached hydrogens (primary N) is 1. The van der Waals surface area contributed by atoms with E-state index in [1.807, 2.05) is 36.6 Å². The number of hydrogen-bond donors (Lipinski definition) is 3. The Hall–Kier alpha value is -2.60. The van der Waals surface area contributed by atoms with Gasteiger partial charge < -0.3 is 20.6 Å². The molecule has 0 spiro atoms. The van der Waals surface area contributed by atoms with Gasteiger partial charge in [0.05, 0.1) is 22.1 Å². The second-order valence-electron chi connectivity index (χ2n) is 6.40. The molecule has 3 aromatic rings. The molecule has 2 aromatic heterocycles. The summed E-state index contributed by atoms with van der Waals surface area (Å²) in [6, 6.07) is 8.89. The second-order valence-corrected chi connectivity index (χ2v) is 6.40. The third-order valence-corrected chi connectivity index (χ3v) is 3.77. The maximum atomic E-state index is 11.2. The Labute approximate surface area is 133 Å². The molecule has 0 bridgehead atoms. The van der Waals surface area contributed by atoms with Crippen molar-refractivity contribution < 1.29 is 9.90 Å². The van der Waals surface area contributed by atoms with Gasteiger partial charge in [0, 0.05) is 18.3 Å². The second kappa shape index (κ2) is 5.55. The predicted octanol–water partition coefficient (Wildman–Crippen LogP) is 2.73. The van der Waals surface area contributed by atoms with E-state index in [-0.39, 0.29) is 11.1 Å². The Morgan fingerprint density at radius 3 is 2.83 bits per heavy atom. The molecule has 23 heavy (non-hydrogen) atoms. The van der Waals surface area contributed by atoms with E-state index in [4.69, 9.17) is 10.8 Å². The average molecular weight is 312 g/mol. The maximum Gasteiger partial charge on any atom is 0.335 e. The van der Waals surface area contributed by atoms with Gasteiger partial charge in [-0.3, -0.25) is 0 Å². The number of nitrogens with zero attached hydrogens (tertiary/aromatic N) is 2. The highest BCUT2D eigenvalue weighted by Crippen LogP contribution is 2.23. The lowest BCUT2D eigenvalue weighted by Crippen LogP contribution is -2.34. The van der Waals surface area contributed by atoms with E-state index in [2.05, 4.69) is 10.3 Å². The van der Waals surface area contributed by atoms with E-state index in [0.29, 0.717) is 12.1 Å². The molecule has 0 radical (unpaired) electrons. The minimum atomic E-state index is -0.958. The van der Waals surface area contributed by atoms with Crippen LogP contribution in [0.5, 0.6) is 0 Å². The normalized spacial score (nSPS) is 12.0. The predicted molar refractivity (Wildman–Crippen MR) is 91.0 cm³/mol. The van der Waals surface area contributed by atoms with Crippen molar-refractivity contribution in [3.05, 3.63) is 42.1 Å². The van der Waals surface area contributed by atoms with Crippen LogP contribution >= 0.6 is 0 Å². The molecular weight excluding hydrogens is 292 g/mol. The monoisotopic (exact) mass is 312 g/mol. The van der Waals surface area contributed by atoms with Crippen LogP contribution in [0, 0.1) is 0 Å². The Morgan fingerprint density at radius 1 is 1.35 bits per heavy atom. The van der Waals surface area contributed by atoms with Crippen molar-refractivity contribution in [2.75, 3.05) is 11.9 Å². The summed E-state index contributed by atoms with van der Waals surface area (Å²) in [7, 11) is 0. The maximum absolute atomic E-state index is 11.2. The number of rotatable bonds is 5. The summed E-state index contributed by atoms with van der Waals surface area (Å²) >= 11 is 0. The van der Waals surface area contributed by atoms with E-state index in [1.54, 1.807) is 18.2 Å². The van der Waals surface area contributed by atoms with Crippen LogP contribution in [-0.2, 0) is 0 Å². The van der Waals surface area contributed by atoms with Crippen molar-refractivity contribution in [3.8, 4) is 0 Å². The third-order valence-electron chi connectivity index (χ3n) is 3.77. The molecule has 0 fully saturated rings. The van der Waals surface area contributed by atoms with Gasteiger partial charge in [0.15, 0.2) is 5.82 Å². The SMILES string of the molecule is CC(C)(N)CCNc1nc2cc(C(=O)O)ccc2n2cccc12.